The number of aliphatic hydroxyl groups is 1. The Kier molecular flexibility index (Phi) is 5.09. The van der Waals surface area contributed by atoms with Gasteiger partial charge in [0.15, 0.2) is 0 Å². The molecular formula is C20H23NO2. The molecule has 0 bridgehead atoms. The second-order valence-corrected chi connectivity index (χ2v) is 6.20. The number of carbonyl (C=O) groups is 1. The van der Waals surface area contributed by atoms with Gasteiger partial charge in [-0.1, -0.05) is 48.5 Å². The number of nitrogens with one attached hydrogen (secondary N) is 1. The molecule has 3 nitrogen and oxygen atoms in total. The Labute approximate surface area is 137 Å². The largest absolute Gasteiger partial charge is 0.392 e. The first-order valence-corrected chi connectivity index (χ1v) is 8.30. The summed E-state index contributed by atoms with van der Waals surface area (Å²) in [6.45, 7) is 0.478. The summed E-state index contributed by atoms with van der Waals surface area (Å²) in [5.41, 5.74) is 4.58. The van der Waals surface area contributed by atoms with Crippen LogP contribution in [0.2, 0.25) is 0 Å². The Morgan fingerprint density at radius 1 is 1.09 bits per heavy atom. The number of aryl methyl sites for hydroxylation is 1. The Hall–Kier alpha value is -2.13. The summed E-state index contributed by atoms with van der Waals surface area (Å²) in [6, 6.07) is 16.1. The van der Waals surface area contributed by atoms with Crippen LogP contribution in [0, 0.1) is 0 Å². The molecule has 1 aliphatic rings. The topological polar surface area (TPSA) is 49.3 Å². The average Bonchev–Trinajstić information content (AvgIpc) is 2.60. The summed E-state index contributed by atoms with van der Waals surface area (Å²) >= 11 is 0. The van der Waals surface area contributed by atoms with Crippen LogP contribution in [0.4, 0.5) is 0 Å². The summed E-state index contributed by atoms with van der Waals surface area (Å²) in [4.78, 5) is 12.3. The van der Waals surface area contributed by atoms with Crippen LogP contribution in [-0.2, 0) is 24.4 Å². The first-order chi connectivity index (χ1) is 11.3. The van der Waals surface area contributed by atoms with Crippen molar-refractivity contribution < 1.29 is 9.90 Å². The van der Waals surface area contributed by atoms with Gasteiger partial charge in [0, 0.05) is 13.0 Å². The third kappa shape index (κ3) is 3.80. The van der Waals surface area contributed by atoms with E-state index in [4.69, 9.17) is 0 Å². The maximum Gasteiger partial charge on any atom is 0.220 e. The van der Waals surface area contributed by atoms with Crippen LogP contribution in [0.25, 0.3) is 0 Å². The summed E-state index contributed by atoms with van der Waals surface area (Å²) in [5.74, 6) is 0.410. The number of carbonyl (C=O) groups excluding carboxylic acids is 1. The number of amides is 1. The molecule has 0 saturated heterocycles. The number of benzene rings is 2. The van der Waals surface area contributed by atoms with Crippen LogP contribution in [0.15, 0.2) is 48.5 Å². The van der Waals surface area contributed by atoms with Gasteiger partial charge in [-0.3, -0.25) is 4.79 Å². The number of hydrogen-bond donors (Lipinski definition) is 2. The maximum atomic E-state index is 12.3. The van der Waals surface area contributed by atoms with E-state index in [1.807, 2.05) is 24.3 Å². The lowest BCUT2D eigenvalue weighted by atomic mass is 9.81. The minimum absolute atomic E-state index is 0.00203. The van der Waals surface area contributed by atoms with Crippen molar-refractivity contribution in [2.45, 2.75) is 44.8 Å². The molecule has 0 aromatic heterocycles. The van der Waals surface area contributed by atoms with Gasteiger partial charge >= 0.3 is 0 Å². The Morgan fingerprint density at radius 2 is 1.83 bits per heavy atom. The van der Waals surface area contributed by atoms with E-state index < -0.39 is 0 Å². The fourth-order valence-electron chi connectivity index (χ4n) is 3.44. The SMILES string of the molecule is O=C(CC1CCCc2ccccc21)NCc1ccccc1CO. The fourth-order valence-corrected chi connectivity index (χ4v) is 3.44. The van der Waals surface area contributed by atoms with Crippen LogP contribution in [-0.4, -0.2) is 11.0 Å². The molecule has 0 heterocycles. The van der Waals surface area contributed by atoms with Crippen LogP contribution < -0.4 is 5.32 Å². The molecule has 1 unspecified atom stereocenters. The van der Waals surface area contributed by atoms with Gasteiger partial charge in [-0.15, -0.1) is 0 Å². The highest BCUT2D eigenvalue weighted by Gasteiger charge is 2.22. The van der Waals surface area contributed by atoms with Crippen molar-refractivity contribution in [2.24, 2.45) is 0 Å². The molecule has 0 saturated carbocycles. The molecule has 1 aliphatic carbocycles. The Bertz CT molecular complexity index is 681. The monoisotopic (exact) mass is 309 g/mol. The molecule has 3 rings (SSSR count). The predicted molar refractivity (Wildman–Crippen MR) is 90.9 cm³/mol. The van der Waals surface area contributed by atoms with Gasteiger partial charge in [0.05, 0.1) is 6.61 Å². The van der Waals surface area contributed by atoms with Gasteiger partial charge in [0.1, 0.15) is 0 Å². The van der Waals surface area contributed by atoms with Crippen molar-refractivity contribution in [3.05, 3.63) is 70.8 Å². The van der Waals surface area contributed by atoms with Crippen LogP contribution in [0.3, 0.4) is 0 Å². The minimum atomic E-state index is 0.00203. The Balaban J connectivity index is 1.60. The molecule has 1 amide bonds. The molecule has 1 atom stereocenters. The summed E-state index contributed by atoms with van der Waals surface area (Å²) in [5, 5.41) is 12.3. The molecule has 0 radical (unpaired) electrons. The van der Waals surface area contributed by atoms with Crippen molar-refractivity contribution in [3.63, 3.8) is 0 Å². The maximum absolute atomic E-state index is 12.3. The van der Waals surface area contributed by atoms with Crippen LogP contribution in [0.1, 0.15) is 47.4 Å². The van der Waals surface area contributed by atoms with Crippen LogP contribution in [0.5, 0.6) is 0 Å². The quantitative estimate of drug-likeness (QED) is 0.890. The summed E-state index contributed by atoms with van der Waals surface area (Å²) in [7, 11) is 0. The van der Waals surface area contributed by atoms with Crippen molar-refractivity contribution >= 4 is 5.91 Å². The molecule has 0 fully saturated rings. The number of hydrogen-bond acceptors (Lipinski definition) is 2. The molecule has 2 aromatic carbocycles. The molecule has 2 aromatic rings. The van der Waals surface area contributed by atoms with E-state index >= 15 is 0 Å². The second kappa shape index (κ2) is 7.42. The van der Waals surface area contributed by atoms with Crippen molar-refractivity contribution in [1.82, 2.24) is 5.32 Å². The highest BCUT2D eigenvalue weighted by atomic mass is 16.3. The normalized spacial score (nSPS) is 16.7. The highest BCUT2D eigenvalue weighted by molar-refractivity contribution is 5.77. The van der Waals surface area contributed by atoms with Crippen molar-refractivity contribution in [3.8, 4) is 0 Å². The Morgan fingerprint density at radius 3 is 2.65 bits per heavy atom. The zero-order valence-corrected chi connectivity index (χ0v) is 13.3. The molecule has 3 heteroatoms. The lowest BCUT2D eigenvalue weighted by Gasteiger charge is -2.25. The van der Waals surface area contributed by atoms with Crippen molar-refractivity contribution in [2.75, 3.05) is 0 Å². The predicted octanol–water partition coefficient (Wildman–Crippen LogP) is 3.31. The van der Waals surface area contributed by atoms with E-state index in [2.05, 4.69) is 29.6 Å². The third-order valence-electron chi connectivity index (χ3n) is 4.69. The average molecular weight is 309 g/mol. The van der Waals surface area contributed by atoms with Gasteiger partial charge in [-0.05, 0) is 47.4 Å². The van der Waals surface area contributed by atoms with Gasteiger partial charge < -0.3 is 10.4 Å². The lowest BCUT2D eigenvalue weighted by molar-refractivity contribution is -0.121. The first-order valence-electron chi connectivity index (χ1n) is 8.30. The van der Waals surface area contributed by atoms with Gasteiger partial charge in [-0.25, -0.2) is 0 Å². The molecule has 0 aliphatic heterocycles. The molecular weight excluding hydrogens is 286 g/mol. The van der Waals surface area contributed by atoms with Gasteiger partial charge in [0.25, 0.3) is 0 Å². The van der Waals surface area contributed by atoms with Gasteiger partial charge in [0.2, 0.25) is 5.91 Å². The molecule has 23 heavy (non-hydrogen) atoms. The summed E-state index contributed by atoms with van der Waals surface area (Å²) < 4.78 is 0. The van der Waals surface area contributed by atoms with Crippen LogP contribution >= 0.6 is 0 Å². The standard InChI is InChI=1S/C20H23NO2/c22-14-18-8-2-1-7-17(18)13-21-20(23)12-16-10-5-9-15-6-3-4-11-19(15)16/h1-4,6-8,11,16,22H,5,9-10,12-14H2,(H,21,23). The van der Waals surface area contributed by atoms with Gasteiger partial charge in [-0.2, -0.15) is 0 Å². The van der Waals surface area contributed by atoms with E-state index in [1.54, 1.807) is 0 Å². The molecule has 2 N–H and O–H groups in total. The van der Waals surface area contributed by atoms with Crippen molar-refractivity contribution in [1.29, 1.82) is 0 Å². The fraction of sp³-hybridized carbons (Fsp3) is 0.350. The zero-order valence-electron chi connectivity index (χ0n) is 13.3. The highest BCUT2D eigenvalue weighted by Crippen LogP contribution is 2.33. The van der Waals surface area contributed by atoms with E-state index in [-0.39, 0.29) is 12.5 Å². The first kappa shape index (κ1) is 15.8. The molecule has 120 valence electrons. The number of rotatable bonds is 5. The smallest absolute Gasteiger partial charge is 0.220 e. The number of fused-ring (bicyclic) bond motifs is 1. The van der Waals surface area contributed by atoms with E-state index in [0.717, 1.165) is 30.4 Å². The van der Waals surface area contributed by atoms with E-state index in [1.165, 1.54) is 11.1 Å². The zero-order chi connectivity index (χ0) is 16.1. The summed E-state index contributed by atoms with van der Waals surface area (Å²) in [6.07, 6.45) is 3.90. The number of aliphatic hydroxyl groups excluding tert-OH is 1. The molecule has 0 spiro atoms. The van der Waals surface area contributed by atoms with E-state index in [9.17, 15) is 9.90 Å². The second-order valence-electron chi connectivity index (χ2n) is 6.20. The van der Waals surface area contributed by atoms with E-state index in [0.29, 0.717) is 18.9 Å². The minimum Gasteiger partial charge on any atom is -0.392 e. The lowest BCUT2D eigenvalue weighted by Crippen LogP contribution is -2.26. The third-order valence-corrected chi connectivity index (χ3v) is 4.69.